The van der Waals surface area contributed by atoms with Crippen molar-refractivity contribution >= 4 is 18.2 Å². The molecule has 0 saturated heterocycles. The highest BCUT2D eigenvalue weighted by atomic mass is 14.7. The van der Waals surface area contributed by atoms with Gasteiger partial charge in [-0.2, -0.15) is 0 Å². The van der Waals surface area contributed by atoms with Gasteiger partial charge in [-0.1, -0.05) is 37.5 Å². The zero-order valence-corrected chi connectivity index (χ0v) is 9.38. The Hall–Kier alpha value is -1.76. The molecule has 0 aromatic carbocycles. The largest absolute Gasteiger partial charge is 0.355 e. The van der Waals surface area contributed by atoms with Crippen molar-refractivity contribution in [1.82, 2.24) is 4.98 Å². The van der Waals surface area contributed by atoms with E-state index in [4.69, 9.17) is 0 Å². The molecular weight excluding hydrogens is 182 g/mol. The van der Waals surface area contributed by atoms with Crippen molar-refractivity contribution in [3.05, 3.63) is 53.9 Å². The quantitative estimate of drug-likeness (QED) is 0.699. The number of nitrogens with one attached hydrogen (secondary N) is 1. The van der Waals surface area contributed by atoms with Gasteiger partial charge in [0.2, 0.25) is 0 Å². The Morgan fingerprint density at radius 1 is 1.13 bits per heavy atom. The highest BCUT2D eigenvalue weighted by Crippen LogP contribution is 2.21. The van der Waals surface area contributed by atoms with Gasteiger partial charge in [0, 0.05) is 17.0 Å². The molecule has 78 valence electrons. The first kappa shape index (κ1) is 11.3. The standard InChI is InChI=1S/C14H17N/c1-5-8-10-13-11(4)12(7-3)14(15-13)9-6-2/h5-10,15H,1,3H2,2,4H3/b9-6-,10-8-. The van der Waals surface area contributed by atoms with Crippen molar-refractivity contribution in [3.8, 4) is 0 Å². The smallest absolute Gasteiger partial charge is 0.0457 e. The minimum Gasteiger partial charge on any atom is -0.355 e. The van der Waals surface area contributed by atoms with Crippen molar-refractivity contribution < 1.29 is 0 Å². The first-order valence-electron chi connectivity index (χ1n) is 5.01. The van der Waals surface area contributed by atoms with E-state index in [1.165, 1.54) is 5.56 Å². The molecule has 1 N–H and O–H groups in total. The van der Waals surface area contributed by atoms with Gasteiger partial charge in [-0.25, -0.2) is 0 Å². The fraction of sp³-hybridized carbons (Fsp3) is 0.143. The number of hydrogen-bond acceptors (Lipinski definition) is 0. The average Bonchev–Trinajstić information content (AvgIpc) is 2.52. The first-order valence-corrected chi connectivity index (χ1v) is 5.01. The van der Waals surface area contributed by atoms with E-state index in [0.717, 1.165) is 17.0 Å². The Morgan fingerprint density at radius 2 is 1.87 bits per heavy atom. The summed E-state index contributed by atoms with van der Waals surface area (Å²) in [5.41, 5.74) is 4.60. The van der Waals surface area contributed by atoms with Crippen molar-refractivity contribution in [2.75, 3.05) is 0 Å². The Kier molecular flexibility index (Phi) is 3.92. The predicted molar refractivity (Wildman–Crippen MR) is 69.6 cm³/mol. The second kappa shape index (κ2) is 5.20. The Morgan fingerprint density at radius 3 is 2.40 bits per heavy atom. The van der Waals surface area contributed by atoms with Crippen LogP contribution in [0.3, 0.4) is 0 Å². The summed E-state index contributed by atoms with van der Waals surface area (Å²) >= 11 is 0. The third-order valence-electron chi connectivity index (χ3n) is 2.30. The lowest BCUT2D eigenvalue weighted by molar-refractivity contribution is 1.32. The number of aromatic amines is 1. The van der Waals surface area contributed by atoms with Gasteiger partial charge in [0.15, 0.2) is 0 Å². The summed E-state index contributed by atoms with van der Waals surface area (Å²) < 4.78 is 0. The van der Waals surface area contributed by atoms with E-state index in [1.54, 1.807) is 6.08 Å². The van der Waals surface area contributed by atoms with Crippen LogP contribution in [0.5, 0.6) is 0 Å². The van der Waals surface area contributed by atoms with Gasteiger partial charge >= 0.3 is 0 Å². The lowest BCUT2D eigenvalue weighted by atomic mass is 10.1. The fourth-order valence-corrected chi connectivity index (χ4v) is 1.55. The molecule has 1 aromatic heterocycles. The zero-order chi connectivity index (χ0) is 11.3. The molecule has 0 atom stereocenters. The van der Waals surface area contributed by atoms with Gasteiger partial charge in [0.1, 0.15) is 0 Å². The molecule has 0 unspecified atom stereocenters. The average molecular weight is 199 g/mol. The molecule has 0 saturated carbocycles. The van der Waals surface area contributed by atoms with Gasteiger partial charge in [-0.3, -0.25) is 0 Å². The Bertz CT molecular complexity index is 417. The number of aromatic nitrogens is 1. The number of rotatable bonds is 4. The van der Waals surface area contributed by atoms with Gasteiger partial charge in [0.05, 0.1) is 0 Å². The number of hydrogen-bond donors (Lipinski definition) is 1. The van der Waals surface area contributed by atoms with Gasteiger partial charge < -0.3 is 4.98 Å². The molecule has 1 heteroatoms. The van der Waals surface area contributed by atoms with Crippen molar-refractivity contribution in [2.24, 2.45) is 0 Å². The van der Waals surface area contributed by atoms with E-state index in [-0.39, 0.29) is 0 Å². The molecule has 0 aliphatic heterocycles. The summed E-state index contributed by atoms with van der Waals surface area (Å²) in [7, 11) is 0. The van der Waals surface area contributed by atoms with Crippen LogP contribution in [0.25, 0.3) is 18.2 Å². The Labute approximate surface area is 91.5 Å². The van der Waals surface area contributed by atoms with Crippen molar-refractivity contribution in [3.63, 3.8) is 0 Å². The van der Waals surface area contributed by atoms with Crippen LogP contribution in [0.1, 0.15) is 29.4 Å². The molecule has 0 radical (unpaired) electrons. The van der Waals surface area contributed by atoms with Gasteiger partial charge in [-0.15, -0.1) is 0 Å². The van der Waals surface area contributed by atoms with Crippen LogP contribution in [0.15, 0.2) is 31.4 Å². The van der Waals surface area contributed by atoms with E-state index in [2.05, 4.69) is 31.1 Å². The molecule has 0 amide bonds. The van der Waals surface area contributed by atoms with Crippen molar-refractivity contribution in [2.45, 2.75) is 13.8 Å². The predicted octanol–water partition coefficient (Wildman–Crippen LogP) is 4.20. The van der Waals surface area contributed by atoms with E-state index in [1.807, 2.05) is 31.2 Å². The lowest BCUT2D eigenvalue weighted by Crippen LogP contribution is -1.75. The fourth-order valence-electron chi connectivity index (χ4n) is 1.55. The molecule has 0 fully saturated rings. The summed E-state index contributed by atoms with van der Waals surface area (Å²) in [5, 5.41) is 0. The zero-order valence-electron chi connectivity index (χ0n) is 9.38. The second-order valence-corrected chi connectivity index (χ2v) is 3.29. The van der Waals surface area contributed by atoms with E-state index in [0.29, 0.717) is 0 Å². The topological polar surface area (TPSA) is 15.8 Å². The minimum absolute atomic E-state index is 1.11. The van der Waals surface area contributed by atoms with Crippen LogP contribution in [-0.4, -0.2) is 4.98 Å². The van der Waals surface area contributed by atoms with Crippen LogP contribution in [0, 0.1) is 6.92 Å². The SMILES string of the molecule is C=C/C=C\c1[nH]c(/C=C\C)c(C=C)c1C. The molecule has 1 rings (SSSR count). The molecule has 1 nitrogen and oxygen atoms in total. The van der Waals surface area contributed by atoms with Crippen LogP contribution >= 0.6 is 0 Å². The number of H-pyrrole nitrogens is 1. The lowest BCUT2D eigenvalue weighted by Gasteiger charge is -1.92. The maximum Gasteiger partial charge on any atom is 0.0457 e. The summed E-state index contributed by atoms with van der Waals surface area (Å²) in [4.78, 5) is 3.34. The van der Waals surface area contributed by atoms with E-state index in [9.17, 15) is 0 Å². The number of allylic oxidation sites excluding steroid dienone is 3. The third-order valence-corrected chi connectivity index (χ3v) is 2.30. The molecule has 0 spiro atoms. The molecular formula is C14H17N. The monoisotopic (exact) mass is 199 g/mol. The van der Waals surface area contributed by atoms with Crippen molar-refractivity contribution in [1.29, 1.82) is 0 Å². The molecule has 0 aliphatic rings. The third kappa shape index (κ3) is 2.38. The molecule has 0 bridgehead atoms. The summed E-state index contributed by atoms with van der Waals surface area (Å²) in [6.45, 7) is 11.6. The molecule has 0 aliphatic carbocycles. The highest BCUT2D eigenvalue weighted by Gasteiger charge is 2.06. The van der Waals surface area contributed by atoms with Gasteiger partial charge in [-0.05, 0) is 31.6 Å². The van der Waals surface area contributed by atoms with E-state index < -0.39 is 0 Å². The maximum absolute atomic E-state index is 3.83. The van der Waals surface area contributed by atoms with Crippen LogP contribution in [0.2, 0.25) is 0 Å². The molecule has 15 heavy (non-hydrogen) atoms. The van der Waals surface area contributed by atoms with Crippen LogP contribution in [-0.2, 0) is 0 Å². The normalized spacial score (nSPS) is 11.3. The molecule has 1 heterocycles. The van der Waals surface area contributed by atoms with Crippen LogP contribution < -0.4 is 0 Å². The minimum atomic E-state index is 1.11. The van der Waals surface area contributed by atoms with E-state index >= 15 is 0 Å². The van der Waals surface area contributed by atoms with Crippen LogP contribution in [0.4, 0.5) is 0 Å². The summed E-state index contributed by atoms with van der Waals surface area (Å²) in [6, 6.07) is 0. The first-order chi connectivity index (χ1) is 7.24. The van der Waals surface area contributed by atoms with Gasteiger partial charge in [0.25, 0.3) is 0 Å². The molecule has 1 aromatic rings. The summed E-state index contributed by atoms with van der Waals surface area (Å²) in [6.07, 6.45) is 11.7. The highest BCUT2D eigenvalue weighted by molar-refractivity contribution is 5.70. The Balaban J connectivity index is 3.25. The maximum atomic E-state index is 3.83. The second-order valence-electron chi connectivity index (χ2n) is 3.29. The summed E-state index contributed by atoms with van der Waals surface area (Å²) in [5.74, 6) is 0.